The molecule has 0 amide bonds. The number of aromatic nitrogens is 2. The lowest BCUT2D eigenvalue weighted by molar-refractivity contribution is 0.155. The van der Waals surface area contributed by atoms with Crippen LogP contribution in [0.15, 0.2) is 35.1 Å². The molecule has 1 aromatic carbocycles. The van der Waals surface area contributed by atoms with Gasteiger partial charge in [-0.25, -0.2) is 5.10 Å². The van der Waals surface area contributed by atoms with Crippen LogP contribution in [0.5, 0.6) is 5.75 Å². The summed E-state index contributed by atoms with van der Waals surface area (Å²) in [5.74, 6) is 1.38. The predicted octanol–water partition coefficient (Wildman–Crippen LogP) is 5.20. The van der Waals surface area contributed by atoms with Gasteiger partial charge in [0.1, 0.15) is 5.75 Å². The van der Waals surface area contributed by atoms with Crippen LogP contribution in [0.3, 0.4) is 0 Å². The number of H-pyrrole nitrogens is 1. The summed E-state index contributed by atoms with van der Waals surface area (Å²) in [5, 5.41) is 7.07. The molecule has 1 N–H and O–H groups in total. The Morgan fingerprint density at radius 2 is 1.54 bits per heavy atom. The molecule has 26 heavy (non-hydrogen) atoms. The van der Waals surface area contributed by atoms with Crippen LogP contribution in [0.2, 0.25) is 0 Å². The number of benzene rings is 1. The Morgan fingerprint density at radius 1 is 0.885 bits per heavy atom. The fraction of sp³-hybridized carbons (Fsp3) is 0.545. The van der Waals surface area contributed by atoms with Gasteiger partial charge in [-0.2, -0.15) is 5.10 Å². The molecule has 0 unspecified atom stereocenters. The molecule has 2 saturated carbocycles. The third-order valence-electron chi connectivity index (χ3n) is 5.85. The highest BCUT2D eigenvalue weighted by atomic mass is 16.5. The lowest BCUT2D eigenvalue weighted by Crippen LogP contribution is -2.19. The first-order chi connectivity index (χ1) is 12.8. The van der Waals surface area contributed by atoms with E-state index in [-0.39, 0.29) is 5.56 Å². The van der Waals surface area contributed by atoms with Gasteiger partial charge >= 0.3 is 0 Å². The third-order valence-corrected chi connectivity index (χ3v) is 5.85. The Hall–Kier alpha value is -2.10. The average Bonchev–Trinajstić information content (AvgIpc) is 2.70. The van der Waals surface area contributed by atoms with Gasteiger partial charge in [0.05, 0.1) is 11.8 Å². The van der Waals surface area contributed by atoms with E-state index in [2.05, 4.69) is 22.3 Å². The maximum absolute atomic E-state index is 11.9. The molecule has 0 spiro atoms. The zero-order chi connectivity index (χ0) is 17.8. The monoisotopic (exact) mass is 352 g/mol. The van der Waals surface area contributed by atoms with Crippen molar-refractivity contribution >= 4 is 0 Å². The van der Waals surface area contributed by atoms with Crippen LogP contribution in [0.4, 0.5) is 0 Å². The van der Waals surface area contributed by atoms with Crippen LogP contribution in [-0.4, -0.2) is 16.3 Å². The minimum Gasteiger partial charge on any atom is -0.490 e. The summed E-state index contributed by atoms with van der Waals surface area (Å²) in [7, 11) is 0. The highest BCUT2D eigenvalue weighted by Gasteiger charge is 2.21. The number of nitrogens with one attached hydrogen (secondary N) is 1. The Balaban J connectivity index is 1.56. The molecule has 0 saturated heterocycles. The molecule has 2 fully saturated rings. The van der Waals surface area contributed by atoms with Gasteiger partial charge in [-0.05, 0) is 56.2 Å². The molecule has 2 aliphatic rings. The molecule has 2 aromatic rings. The lowest BCUT2D eigenvalue weighted by Gasteiger charge is -2.24. The van der Waals surface area contributed by atoms with Gasteiger partial charge in [0, 0.05) is 17.5 Å². The van der Waals surface area contributed by atoms with Gasteiger partial charge in [-0.3, -0.25) is 4.79 Å². The molecule has 1 heterocycles. The highest BCUT2D eigenvalue weighted by molar-refractivity contribution is 5.66. The van der Waals surface area contributed by atoms with E-state index in [0.29, 0.717) is 12.0 Å². The Bertz CT molecular complexity index is 769. The fourth-order valence-electron chi connectivity index (χ4n) is 4.42. The summed E-state index contributed by atoms with van der Waals surface area (Å²) in [6.07, 6.45) is 12.7. The molecular formula is C22H28N2O2. The second kappa shape index (κ2) is 8.07. The van der Waals surface area contributed by atoms with Crippen LogP contribution < -0.4 is 10.3 Å². The summed E-state index contributed by atoms with van der Waals surface area (Å²) in [6.45, 7) is 0. The lowest BCUT2D eigenvalue weighted by atomic mass is 9.84. The zero-order valence-corrected chi connectivity index (χ0v) is 15.4. The van der Waals surface area contributed by atoms with E-state index >= 15 is 0 Å². The van der Waals surface area contributed by atoms with Gasteiger partial charge < -0.3 is 4.74 Å². The van der Waals surface area contributed by atoms with Crippen molar-refractivity contribution in [1.29, 1.82) is 0 Å². The normalized spacial score (nSPS) is 19.4. The minimum absolute atomic E-state index is 0.137. The van der Waals surface area contributed by atoms with Crippen molar-refractivity contribution in [3.8, 4) is 16.9 Å². The van der Waals surface area contributed by atoms with Crippen molar-refractivity contribution in [2.45, 2.75) is 76.2 Å². The van der Waals surface area contributed by atoms with Crippen molar-refractivity contribution in [2.75, 3.05) is 0 Å². The maximum Gasteiger partial charge on any atom is 0.264 e. The molecule has 4 heteroatoms. The van der Waals surface area contributed by atoms with Crippen LogP contribution in [-0.2, 0) is 0 Å². The topological polar surface area (TPSA) is 55.0 Å². The molecule has 4 nitrogen and oxygen atoms in total. The van der Waals surface area contributed by atoms with Gasteiger partial charge in [0.2, 0.25) is 0 Å². The molecule has 1 aromatic heterocycles. The Kier molecular flexibility index (Phi) is 5.37. The standard InChI is InChI=1S/C22H28N2O2/c25-21-15-20(22(24-23-21)17-7-3-1-4-8-17)16-11-13-19(14-12-16)26-18-9-5-2-6-10-18/h11-15,17-18H,1-10H2,(H,23,25). The van der Waals surface area contributed by atoms with Crippen LogP contribution >= 0.6 is 0 Å². The van der Waals surface area contributed by atoms with E-state index in [4.69, 9.17) is 4.74 Å². The molecule has 0 aliphatic heterocycles. The summed E-state index contributed by atoms with van der Waals surface area (Å²) >= 11 is 0. The largest absolute Gasteiger partial charge is 0.490 e. The zero-order valence-electron chi connectivity index (χ0n) is 15.4. The van der Waals surface area contributed by atoms with Gasteiger partial charge in [-0.15, -0.1) is 0 Å². The smallest absolute Gasteiger partial charge is 0.264 e. The van der Waals surface area contributed by atoms with Crippen LogP contribution in [0.1, 0.15) is 75.8 Å². The second-order valence-corrected chi connectivity index (χ2v) is 7.77. The maximum atomic E-state index is 11.9. The van der Waals surface area contributed by atoms with Crippen molar-refractivity contribution in [3.05, 3.63) is 46.4 Å². The van der Waals surface area contributed by atoms with E-state index in [1.165, 1.54) is 38.5 Å². The first kappa shape index (κ1) is 17.3. The number of rotatable bonds is 4. The minimum atomic E-state index is -0.137. The number of hydrogen-bond acceptors (Lipinski definition) is 3. The Labute approximate surface area is 155 Å². The molecule has 0 bridgehead atoms. The van der Waals surface area contributed by atoms with Crippen molar-refractivity contribution < 1.29 is 4.74 Å². The second-order valence-electron chi connectivity index (χ2n) is 7.77. The van der Waals surface area contributed by atoms with E-state index < -0.39 is 0 Å². The quantitative estimate of drug-likeness (QED) is 0.823. The predicted molar refractivity (Wildman–Crippen MR) is 104 cm³/mol. The summed E-state index contributed by atoms with van der Waals surface area (Å²) in [5.41, 5.74) is 2.94. The summed E-state index contributed by atoms with van der Waals surface area (Å²) in [4.78, 5) is 11.9. The average molecular weight is 352 g/mol. The van der Waals surface area contributed by atoms with Crippen molar-refractivity contribution in [3.63, 3.8) is 0 Å². The van der Waals surface area contributed by atoms with E-state index in [1.807, 2.05) is 12.1 Å². The first-order valence-corrected chi connectivity index (χ1v) is 10.2. The molecule has 4 rings (SSSR count). The molecular weight excluding hydrogens is 324 g/mol. The van der Waals surface area contributed by atoms with Gasteiger partial charge in [-0.1, -0.05) is 37.8 Å². The molecule has 0 atom stereocenters. The summed E-state index contributed by atoms with van der Waals surface area (Å²) < 4.78 is 6.13. The van der Waals surface area contributed by atoms with E-state index in [1.54, 1.807) is 6.07 Å². The number of ether oxygens (including phenoxy) is 1. The van der Waals surface area contributed by atoms with E-state index in [9.17, 15) is 4.79 Å². The van der Waals surface area contributed by atoms with Crippen LogP contribution in [0, 0.1) is 0 Å². The van der Waals surface area contributed by atoms with Crippen LogP contribution in [0.25, 0.3) is 11.1 Å². The van der Waals surface area contributed by atoms with Gasteiger partial charge in [0.15, 0.2) is 0 Å². The van der Waals surface area contributed by atoms with E-state index in [0.717, 1.165) is 48.3 Å². The summed E-state index contributed by atoms with van der Waals surface area (Å²) in [6, 6.07) is 9.92. The molecule has 0 radical (unpaired) electrons. The number of nitrogens with zero attached hydrogens (tertiary/aromatic N) is 1. The van der Waals surface area contributed by atoms with Gasteiger partial charge in [0.25, 0.3) is 5.56 Å². The molecule has 138 valence electrons. The van der Waals surface area contributed by atoms with Crippen molar-refractivity contribution in [1.82, 2.24) is 10.2 Å². The molecule has 2 aliphatic carbocycles. The fourth-order valence-corrected chi connectivity index (χ4v) is 4.42. The number of hydrogen-bond donors (Lipinski definition) is 1. The SMILES string of the molecule is O=c1cc(-c2ccc(OC3CCCCC3)cc2)c(C2CCCCC2)n[nH]1. The third kappa shape index (κ3) is 4.00. The highest BCUT2D eigenvalue weighted by Crippen LogP contribution is 2.36. The first-order valence-electron chi connectivity index (χ1n) is 10.2. The van der Waals surface area contributed by atoms with Crippen molar-refractivity contribution in [2.24, 2.45) is 0 Å². The Morgan fingerprint density at radius 3 is 2.23 bits per heavy atom. The number of aromatic amines is 1.